The van der Waals surface area contributed by atoms with Crippen LogP contribution in [-0.4, -0.2) is 59.5 Å². The molecule has 2 aromatic rings. The van der Waals surface area contributed by atoms with Gasteiger partial charge in [0.15, 0.2) is 0 Å². The first-order valence-corrected chi connectivity index (χ1v) is 11.3. The van der Waals surface area contributed by atoms with E-state index in [-0.39, 0.29) is 17.4 Å². The van der Waals surface area contributed by atoms with Crippen LogP contribution in [0.4, 0.5) is 23.1 Å². The summed E-state index contributed by atoms with van der Waals surface area (Å²) in [5.74, 6) is 0.149. The molecule has 0 bridgehead atoms. The second kappa shape index (κ2) is 9.95. The van der Waals surface area contributed by atoms with Gasteiger partial charge in [-0.2, -0.15) is 4.98 Å². The van der Waals surface area contributed by atoms with Crippen LogP contribution in [0.25, 0.3) is 0 Å². The van der Waals surface area contributed by atoms with Gasteiger partial charge in [0.2, 0.25) is 5.95 Å². The van der Waals surface area contributed by atoms with Gasteiger partial charge >= 0.3 is 0 Å². The molecule has 0 aliphatic carbocycles. The number of benzene rings is 1. The Bertz CT molecular complexity index is 956. The molecule has 170 valence electrons. The lowest BCUT2D eigenvalue weighted by molar-refractivity contribution is 0.100. The van der Waals surface area contributed by atoms with E-state index in [1.54, 1.807) is 0 Å². The molecule has 0 saturated carbocycles. The summed E-state index contributed by atoms with van der Waals surface area (Å²) in [6.07, 6.45) is 7.06. The molecular formula is C23H31N7O2. The van der Waals surface area contributed by atoms with E-state index in [0.29, 0.717) is 18.3 Å². The Hall–Kier alpha value is -3.20. The van der Waals surface area contributed by atoms with Crippen molar-refractivity contribution in [2.24, 2.45) is 5.73 Å². The number of amides is 1. The van der Waals surface area contributed by atoms with Crippen LogP contribution in [0.2, 0.25) is 0 Å². The number of aromatic nitrogens is 2. The minimum atomic E-state index is -0.674. The fourth-order valence-corrected chi connectivity index (χ4v) is 4.40. The predicted molar refractivity (Wildman–Crippen MR) is 126 cm³/mol. The van der Waals surface area contributed by atoms with E-state index in [9.17, 15) is 9.90 Å². The molecule has 9 heteroatoms. The zero-order valence-corrected chi connectivity index (χ0v) is 18.3. The van der Waals surface area contributed by atoms with E-state index < -0.39 is 5.91 Å². The molecule has 1 amide bonds. The van der Waals surface area contributed by atoms with Crippen LogP contribution >= 0.6 is 0 Å². The van der Waals surface area contributed by atoms with Crippen LogP contribution in [0.3, 0.4) is 0 Å². The molecule has 3 heterocycles. The van der Waals surface area contributed by atoms with Crippen LogP contribution < -0.4 is 20.9 Å². The molecule has 2 aliphatic rings. The topological polar surface area (TPSA) is 131 Å². The van der Waals surface area contributed by atoms with E-state index in [4.69, 9.17) is 11.1 Å². The third kappa shape index (κ3) is 4.99. The number of carbonyl (C=O) groups is 1. The van der Waals surface area contributed by atoms with Gasteiger partial charge in [-0.3, -0.25) is 4.79 Å². The number of piperidine rings is 1. The highest BCUT2D eigenvalue weighted by Crippen LogP contribution is 2.27. The Kier molecular flexibility index (Phi) is 6.84. The second-order valence-corrected chi connectivity index (χ2v) is 8.46. The number of nitrogens with two attached hydrogens (primary N) is 1. The number of aliphatic hydroxyl groups is 1. The van der Waals surface area contributed by atoms with Crippen molar-refractivity contribution in [3.8, 4) is 0 Å². The Balaban J connectivity index is 1.61. The minimum Gasteiger partial charge on any atom is -0.391 e. The number of nitrogens with zero attached hydrogens (tertiary/aromatic N) is 4. The van der Waals surface area contributed by atoms with Crippen LogP contribution in [0.5, 0.6) is 0 Å². The van der Waals surface area contributed by atoms with Gasteiger partial charge in [0.25, 0.3) is 5.91 Å². The molecule has 2 saturated heterocycles. The second-order valence-electron chi connectivity index (χ2n) is 8.46. The molecule has 32 heavy (non-hydrogen) atoms. The maximum atomic E-state index is 12.2. The molecule has 5 N–H and O–H groups in total. The van der Waals surface area contributed by atoms with Crippen molar-refractivity contribution in [1.82, 2.24) is 9.97 Å². The molecule has 1 atom stereocenters. The van der Waals surface area contributed by atoms with Crippen molar-refractivity contribution >= 4 is 35.3 Å². The molecule has 9 nitrogen and oxygen atoms in total. The molecule has 2 aliphatic heterocycles. The number of β-amino-alcohol motifs (C(OH)–C–C–N with tert-alkyl or cyclic N) is 1. The largest absolute Gasteiger partial charge is 0.391 e. The molecule has 0 radical (unpaired) electrons. The van der Waals surface area contributed by atoms with E-state index in [1.165, 1.54) is 12.8 Å². The summed E-state index contributed by atoms with van der Waals surface area (Å²) in [7, 11) is 0. The van der Waals surface area contributed by atoms with Crippen LogP contribution in [0.1, 0.15) is 54.6 Å². The normalized spacial score (nSPS) is 19.3. The quantitative estimate of drug-likeness (QED) is 0.511. The molecule has 1 aromatic heterocycles. The molecule has 1 aromatic carbocycles. The van der Waals surface area contributed by atoms with Crippen LogP contribution in [0, 0.1) is 5.41 Å². The lowest BCUT2D eigenvalue weighted by atomic mass is 10.1. The number of hydrogen-bond acceptors (Lipinski definition) is 8. The van der Waals surface area contributed by atoms with Gasteiger partial charge in [-0.25, -0.2) is 4.98 Å². The highest BCUT2D eigenvalue weighted by Gasteiger charge is 2.22. The SMILES string of the molecule is N=Cc1nc(N2CCCCCC2)nc(Nc2ccc(N3CCCC(O)C3)cc2)c1C(N)=O. The summed E-state index contributed by atoms with van der Waals surface area (Å²) in [5, 5.41) is 20.9. The van der Waals surface area contributed by atoms with Crippen molar-refractivity contribution in [3.05, 3.63) is 35.5 Å². The Labute approximate surface area is 188 Å². The van der Waals surface area contributed by atoms with Gasteiger partial charge in [0.1, 0.15) is 17.1 Å². The van der Waals surface area contributed by atoms with Crippen molar-refractivity contribution in [3.63, 3.8) is 0 Å². The number of anilines is 4. The number of rotatable bonds is 6. The highest BCUT2D eigenvalue weighted by molar-refractivity contribution is 6.04. The predicted octanol–water partition coefficient (Wildman–Crippen LogP) is 2.66. The molecule has 1 unspecified atom stereocenters. The average molecular weight is 438 g/mol. The maximum absolute atomic E-state index is 12.2. The number of nitrogens with one attached hydrogen (secondary N) is 2. The molecular weight excluding hydrogens is 406 g/mol. The average Bonchev–Trinajstić information content (AvgIpc) is 3.08. The van der Waals surface area contributed by atoms with Crippen LogP contribution in [0.15, 0.2) is 24.3 Å². The summed E-state index contributed by atoms with van der Waals surface area (Å²) < 4.78 is 0. The minimum absolute atomic E-state index is 0.113. The maximum Gasteiger partial charge on any atom is 0.254 e. The van der Waals surface area contributed by atoms with E-state index in [1.807, 2.05) is 24.3 Å². The Morgan fingerprint density at radius 3 is 2.38 bits per heavy atom. The lowest BCUT2D eigenvalue weighted by Gasteiger charge is -2.32. The van der Waals surface area contributed by atoms with Gasteiger partial charge in [0, 0.05) is 43.8 Å². The van der Waals surface area contributed by atoms with Crippen molar-refractivity contribution in [2.45, 2.75) is 44.6 Å². The lowest BCUT2D eigenvalue weighted by Crippen LogP contribution is -2.38. The zero-order valence-electron chi connectivity index (χ0n) is 18.3. The Morgan fingerprint density at radius 2 is 1.75 bits per heavy atom. The fourth-order valence-electron chi connectivity index (χ4n) is 4.40. The zero-order chi connectivity index (χ0) is 22.5. The first-order valence-electron chi connectivity index (χ1n) is 11.3. The number of carbonyl (C=O) groups excluding carboxylic acids is 1. The van der Waals surface area contributed by atoms with Gasteiger partial charge in [-0.05, 0) is 49.9 Å². The first kappa shape index (κ1) is 22.0. The highest BCUT2D eigenvalue weighted by atomic mass is 16.3. The van der Waals surface area contributed by atoms with E-state index >= 15 is 0 Å². The standard InChI is InChI=1S/C23H31N7O2/c24-14-19-20(21(25)32)22(28-23(27-19)29-11-3-1-2-4-12-29)26-16-7-9-17(10-8-16)30-13-5-6-18(31)15-30/h7-10,14,18,24,31H,1-6,11-13,15H2,(H2,25,32)(H,26,27,28). The van der Waals surface area contributed by atoms with Gasteiger partial charge in [-0.1, -0.05) is 12.8 Å². The van der Waals surface area contributed by atoms with Crippen molar-refractivity contribution in [2.75, 3.05) is 41.3 Å². The van der Waals surface area contributed by atoms with Gasteiger partial charge in [0.05, 0.1) is 6.10 Å². The summed E-state index contributed by atoms with van der Waals surface area (Å²) in [4.78, 5) is 25.6. The summed E-state index contributed by atoms with van der Waals surface area (Å²) >= 11 is 0. The molecule has 2 fully saturated rings. The van der Waals surface area contributed by atoms with Crippen molar-refractivity contribution < 1.29 is 9.90 Å². The fraction of sp³-hybridized carbons (Fsp3) is 0.478. The van der Waals surface area contributed by atoms with Crippen molar-refractivity contribution in [1.29, 1.82) is 5.41 Å². The Morgan fingerprint density at radius 1 is 1.06 bits per heavy atom. The van der Waals surface area contributed by atoms with Gasteiger partial charge in [-0.15, -0.1) is 0 Å². The van der Waals surface area contributed by atoms with E-state index in [0.717, 1.165) is 62.9 Å². The molecule has 4 rings (SSSR count). The monoisotopic (exact) mass is 437 g/mol. The first-order chi connectivity index (χ1) is 15.5. The summed E-state index contributed by atoms with van der Waals surface area (Å²) in [6, 6.07) is 7.80. The number of aliphatic hydroxyl groups excluding tert-OH is 1. The number of primary amides is 1. The number of hydrogen-bond donors (Lipinski definition) is 4. The van der Waals surface area contributed by atoms with E-state index in [2.05, 4.69) is 25.1 Å². The van der Waals surface area contributed by atoms with Crippen LogP contribution in [-0.2, 0) is 0 Å². The summed E-state index contributed by atoms with van der Waals surface area (Å²) in [6.45, 7) is 3.25. The summed E-state index contributed by atoms with van der Waals surface area (Å²) in [5.41, 5.74) is 7.75. The molecule has 0 spiro atoms. The smallest absolute Gasteiger partial charge is 0.254 e. The third-order valence-electron chi connectivity index (χ3n) is 6.09. The van der Waals surface area contributed by atoms with Gasteiger partial charge < -0.3 is 31.4 Å². The third-order valence-corrected chi connectivity index (χ3v) is 6.09.